The van der Waals surface area contributed by atoms with Crippen LogP contribution in [0.3, 0.4) is 0 Å². The minimum atomic E-state index is -1.64. The molecule has 0 radical (unpaired) electrons. The third-order valence-electron chi connectivity index (χ3n) is 12.1. The Bertz CT molecular complexity index is 1670. The van der Waals surface area contributed by atoms with Gasteiger partial charge in [-0.2, -0.15) is 0 Å². The van der Waals surface area contributed by atoms with Gasteiger partial charge in [0.1, 0.15) is 24.4 Å². The lowest BCUT2D eigenvalue weighted by atomic mass is 9.99. The molecule has 1 rings (SSSR count). The van der Waals surface area contributed by atoms with Gasteiger partial charge in [-0.15, -0.1) is 0 Å². The van der Waals surface area contributed by atoms with Crippen LogP contribution in [0.2, 0.25) is 0 Å². The standard InChI is InChI=1S/C61H97NO10/c1-4-7-10-13-16-19-22-25-27-29-30-33-36-39-42-45-48-54(65)60(69)62-52(53(64)47-44-41-38-35-32-24-21-18-15-12-9-6-3)51-70-61-59(58(68)57(67)55(50-63)71-61)72-56(66)49-46-43-40-37-34-31-28-26-23-20-17-14-11-8-5-2/h7-8,10-11,13-14,16-17,19-20,22-23,25-30,33,36,44,47,52-55,57-59,61,63-65,67-68H,4-6,9,12,15,18,21,24,31-32,34-35,37-43,45-46,48-51H2,1-3H3,(H,62,69)/b10-7-,11-8+,16-13+,17-14+,22-19+,23-20+,27-25-,28-26-,30-29+,36-33+,47-44+. The number of carbonyl (C=O) groups excluding carboxylic acids is 2. The normalized spacial score (nSPS) is 20.6. The first-order valence-corrected chi connectivity index (χ1v) is 27.6. The highest BCUT2D eigenvalue weighted by atomic mass is 16.7. The van der Waals surface area contributed by atoms with Gasteiger partial charge in [0.15, 0.2) is 12.4 Å². The molecule has 11 heteroatoms. The van der Waals surface area contributed by atoms with E-state index in [-0.39, 0.29) is 19.4 Å². The molecule has 11 nitrogen and oxygen atoms in total. The van der Waals surface area contributed by atoms with E-state index in [2.05, 4.69) is 44.3 Å². The second-order valence-electron chi connectivity index (χ2n) is 18.4. The molecule has 0 bridgehead atoms. The van der Waals surface area contributed by atoms with Crippen molar-refractivity contribution in [2.75, 3.05) is 13.2 Å². The van der Waals surface area contributed by atoms with Gasteiger partial charge in [0, 0.05) is 6.42 Å². The average Bonchev–Trinajstić information content (AvgIpc) is 3.38. The topological polar surface area (TPSA) is 175 Å². The molecular weight excluding hydrogens is 907 g/mol. The predicted molar refractivity (Wildman–Crippen MR) is 296 cm³/mol. The Balaban J connectivity index is 2.82. The molecule has 0 aromatic carbocycles. The summed E-state index contributed by atoms with van der Waals surface area (Å²) in [4.78, 5) is 26.4. The molecular formula is C61H97NO10. The zero-order chi connectivity index (χ0) is 52.5. The maximum atomic E-state index is 13.4. The number of rotatable bonds is 43. The highest BCUT2D eigenvalue weighted by molar-refractivity contribution is 5.80. The van der Waals surface area contributed by atoms with Crippen LogP contribution in [0.1, 0.15) is 175 Å². The Hall–Kier alpha value is -4.20. The molecule has 0 aromatic rings. The number of carbonyl (C=O) groups is 2. The van der Waals surface area contributed by atoms with E-state index in [1.54, 1.807) is 6.08 Å². The zero-order valence-corrected chi connectivity index (χ0v) is 44.5. The van der Waals surface area contributed by atoms with Crippen LogP contribution >= 0.6 is 0 Å². The van der Waals surface area contributed by atoms with Crippen molar-refractivity contribution in [3.8, 4) is 0 Å². The number of aliphatic hydroxyl groups is 5. The molecule has 0 spiro atoms. The zero-order valence-electron chi connectivity index (χ0n) is 44.5. The predicted octanol–water partition coefficient (Wildman–Crippen LogP) is 12.1. The Morgan fingerprint density at radius 1 is 0.556 bits per heavy atom. The average molecular weight is 1000 g/mol. The summed E-state index contributed by atoms with van der Waals surface area (Å²) >= 11 is 0. The lowest BCUT2D eigenvalue weighted by Gasteiger charge is -2.41. The summed E-state index contributed by atoms with van der Waals surface area (Å²) in [6, 6.07) is -1.06. The monoisotopic (exact) mass is 1000 g/mol. The summed E-state index contributed by atoms with van der Waals surface area (Å²) in [5, 5.41) is 56.7. The first-order chi connectivity index (χ1) is 35.2. The van der Waals surface area contributed by atoms with Gasteiger partial charge in [0.25, 0.3) is 0 Å². The summed E-state index contributed by atoms with van der Waals surface area (Å²) in [7, 11) is 0. The van der Waals surface area contributed by atoms with Crippen LogP contribution in [0.15, 0.2) is 134 Å². The van der Waals surface area contributed by atoms with Crippen molar-refractivity contribution in [2.24, 2.45) is 0 Å². The van der Waals surface area contributed by atoms with E-state index in [1.165, 1.54) is 44.9 Å². The van der Waals surface area contributed by atoms with E-state index >= 15 is 0 Å². The summed E-state index contributed by atoms with van der Waals surface area (Å²) in [5.74, 6) is -1.28. The molecule has 8 atom stereocenters. The molecule has 1 aliphatic rings. The lowest BCUT2D eigenvalue weighted by molar-refractivity contribution is -0.305. The number of aliphatic hydroxyl groups excluding tert-OH is 5. The van der Waals surface area contributed by atoms with Crippen LogP contribution in [0.4, 0.5) is 0 Å². The Morgan fingerprint density at radius 2 is 1.00 bits per heavy atom. The lowest BCUT2D eigenvalue weighted by Crippen LogP contribution is -2.61. The molecule has 0 aliphatic carbocycles. The van der Waals surface area contributed by atoms with E-state index in [4.69, 9.17) is 14.2 Å². The van der Waals surface area contributed by atoms with Crippen LogP contribution in [-0.4, -0.2) is 99.6 Å². The molecule has 8 unspecified atom stereocenters. The molecule has 6 N–H and O–H groups in total. The van der Waals surface area contributed by atoms with Crippen LogP contribution < -0.4 is 5.32 Å². The van der Waals surface area contributed by atoms with Gasteiger partial charge in [-0.05, 0) is 64.2 Å². The summed E-state index contributed by atoms with van der Waals surface area (Å²) in [5.41, 5.74) is 0. The van der Waals surface area contributed by atoms with Crippen molar-refractivity contribution in [3.05, 3.63) is 134 Å². The number of unbranched alkanes of at least 4 members (excludes halogenated alkanes) is 17. The van der Waals surface area contributed by atoms with Crippen molar-refractivity contribution >= 4 is 11.9 Å². The van der Waals surface area contributed by atoms with E-state index in [0.29, 0.717) is 12.8 Å². The number of amides is 1. The van der Waals surface area contributed by atoms with Crippen LogP contribution in [0.25, 0.3) is 0 Å². The number of hydrogen-bond donors (Lipinski definition) is 6. The number of esters is 1. The van der Waals surface area contributed by atoms with Gasteiger partial charge in [-0.25, -0.2) is 0 Å². The largest absolute Gasteiger partial charge is 0.454 e. The molecule has 1 fully saturated rings. The number of nitrogens with one attached hydrogen (secondary N) is 1. The van der Waals surface area contributed by atoms with Crippen LogP contribution in [0.5, 0.6) is 0 Å². The minimum Gasteiger partial charge on any atom is -0.454 e. The molecule has 1 amide bonds. The Kier molecular flexibility index (Phi) is 43.7. The smallest absolute Gasteiger partial charge is 0.306 e. The first-order valence-electron chi connectivity index (χ1n) is 27.6. The van der Waals surface area contributed by atoms with Gasteiger partial charge in [0.2, 0.25) is 5.91 Å². The van der Waals surface area contributed by atoms with Gasteiger partial charge >= 0.3 is 5.97 Å². The molecule has 0 saturated carbocycles. The van der Waals surface area contributed by atoms with Gasteiger partial charge in [-0.1, -0.05) is 238 Å². The fourth-order valence-corrected chi connectivity index (χ4v) is 7.69. The van der Waals surface area contributed by atoms with Crippen LogP contribution in [0, 0.1) is 0 Å². The Labute approximate surface area is 435 Å². The van der Waals surface area contributed by atoms with Gasteiger partial charge in [-0.3, -0.25) is 9.59 Å². The van der Waals surface area contributed by atoms with E-state index in [0.717, 1.165) is 83.5 Å². The molecule has 1 saturated heterocycles. The second-order valence-corrected chi connectivity index (χ2v) is 18.4. The number of hydrogen-bond acceptors (Lipinski definition) is 10. The summed E-state index contributed by atoms with van der Waals surface area (Å²) < 4.78 is 17.5. The third-order valence-corrected chi connectivity index (χ3v) is 12.1. The van der Waals surface area contributed by atoms with Crippen molar-refractivity contribution in [1.29, 1.82) is 0 Å². The van der Waals surface area contributed by atoms with Crippen LogP contribution in [-0.2, 0) is 23.8 Å². The number of ether oxygens (including phenoxy) is 3. The molecule has 72 heavy (non-hydrogen) atoms. The molecule has 1 heterocycles. The van der Waals surface area contributed by atoms with E-state index < -0.39 is 67.4 Å². The summed E-state index contributed by atoms with van der Waals surface area (Å²) in [6.45, 7) is 5.42. The third kappa shape index (κ3) is 35.8. The van der Waals surface area contributed by atoms with Crippen molar-refractivity contribution < 1.29 is 49.3 Å². The fourth-order valence-electron chi connectivity index (χ4n) is 7.69. The quantitative estimate of drug-likeness (QED) is 0.0149. The summed E-state index contributed by atoms with van der Waals surface area (Å²) in [6.07, 6.45) is 56.3. The second kappa shape index (κ2) is 47.8. The van der Waals surface area contributed by atoms with Gasteiger partial charge < -0.3 is 45.1 Å². The van der Waals surface area contributed by atoms with Crippen molar-refractivity contribution in [1.82, 2.24) is 5.32 Å². The maximum Gasteiger partial charge on any atom is 0.306 e. The highest BCUT2D eigenvalue weighted by Gasteiger charge is 2.47. The highest BCUT2D eigenvalue weighted by Crippen LogP contribution is 2.26. The SMILES string of the molecule is CC\C=C/C=C/C=C/C=C\C=C\C=C\CCCCC(O)C(=O)NC(COC1OC(CO)C(O)C(O)C1OC(=O)CCCCCCC\C=C/C=C/C=C/C=C/CC)C(O)/C=C/CCCCCCCCCCCC. The fraction of sp³-hybridized carbons (Fsp3) is 0.607. The maximum absolute atomic E-state index is 13.4. The minimum absolute atomic E-state index is 0.0828. The van der Waals surface area contributed by atoms with Gasteiger partial charge in [0.05, 0.1) is 25.4 Å². The molecule has 1 aliphatic heterocycles. The first kappa shape index (κ1) is 65.8. The number of allylic oxidation sites excluding steroid dienone is 21. The van der Waals surface area contributed by atoms with Crippen molar-refractivity contribution in [3.63, 3.8) is 0 Å². The Morgan fingerprint density at radius 3 is 1.50 bits per heavy atom. The molecule has 406 valence electrons. The van der Waals surface area contributed by atoms with E-state index in [1.807, 2.05) is 109 Å². The van der Waals surface area contributed by atoms with Crippen molar-refractivity contribution in [2.45, 2.75) is 224 Å². The molecule has 0 aromatic heterocycles. The van der Waals surface area contributed by atoms with E-state index in [9.17, 15) is 35.1 Å².